The highest BCUT2D eigenvalue weighted by atomic mass is 16.1. The van der Waals surface area contributed by atoms with Crippen LogP contribution in [0.25, 0.3) is 0 Å². The number of rotatable bonds is 4. The molecule has 0 atom stereocenters. The van der Waals surface area contributed by atoms with Crippen LogP contribution in [0.4, 0.5) is 0 Å². The van der Waals surface area contributed by atoms with Crippen molar-refractivity contribution in [2.75, 3.05) is 0 Å². The largest absolute Gasteiger partial charge is 0.292 e. The minimum atomic E-state index is 0.113. The van der Waals surface area contributed by atoms with E-state index in [1.54, 1.807) is 11.7 Å². The number of aromatic nitrogens is 2. The smallest absolute Gasteiger partial charge is 0.185 e. The Balaban J connectivity index is 2.13. The molecule has 0 aliphatic rings. The number of nitrogens with zero attached hydrogens (tertiary/aromatic N) is 2. The summed E-state index contributed by atoms with van der Waals surface area (Å²) in [5.41, 5.74) is 3.90. The van der Waals surface area contributed by atoms with Crippen LogP contribution in [0.2, 0.25) is 0 Å². The van der Waals surface area contributed by atoms with Crippen LogP contribution in [0, 0.1) is 6.92 Å². The van der Waals surface area contributed by atoms with E-state index < -0.39 is 0 Å². The predicted molar refractivity (Wildman–Crippen MR) is 71.8 cm³/mol. The van der Waals surface area contributed by atoms with Gasteiger partial charge in [-0.1, -0.05) is 31.2 Å². The molecule has 3 heteroatoms. The molecule has 1 aromatic carbocycles. The van der Waals surface area contributed by atoms with Gasteiger partial charge in [-0.3, -0.25) is 9.48 Å². The van der Waals surface area contributed by atoms with Gasteiger partial charge in [0.1, 0.15) is 5.69 Å². The summed E-state index contributed by atoms with van der Waals surface area (Å²) in [5.74, 6) is 0.113. The summed E-state index contributed by atoms with van der Waals surface area (Å²) in [4.78, 5) is 12.1. The summed E-state index contributed by atoms with van der Waals surface area (Å²) in [6, 6.07) is 10.1. The minimum absolute atomic E-state index is 0.113. The molecule has 0 radical (unpaired) electrons. The molecule has 3 nitrogen and oxygen atoms in total. The Hall–Kier alpha value is -1.90. The second kappa shape index (κ2) is 5.17. The highest BCUT2D eigenvalue weighted by Gasteiger charge is 2.12. The number of benzene rings is 1. The number of ketones is 1. The van der Waals surface area contributed by atoms with E-state index in [0.29, 0.717) is 12.1 Å². The Kier molecular flexibility index (Phi) is 3.60. The summed E-state index contributed by atoms with van der Waals surface area (Å²) >= 11 is 0. The lowest BCUT2D eigenvalue weighted by Gasteiger charge is -2.03. The van der Waals surface area contributed by atoms with Gasteiger partial charge >= 0.3 is 0 Å². The molecule has 0 spiro atoms. The molecule has 0 aliphatic carbocycles. The number of Topliss-reactive ketones (excluding diaryl/α,β-unsaturated/α-hetero) is 1. The van der Waals surface area contributed by atoms with Crippen LogP contribution in [0.3, 0.4) is 0 Å². The van der Waals surface area contributed by atoms with E-state index in [0.717, 1.165) is 17.7 Å². The first-order chi connectivity index (χ1) is 8.60. The molecule has 0 amide bonds. The first-order valence-corrected chi connectivity index (χ1v) is 6.22. The van der Waals surface area contributed by atoms with E-state index in [9.17, 15) is 4.79 Å². The predicted octanol–water partition coefficient (Wildman–Crippen LogP) is 2.72. The molecular weight excluding hydrogens is 224 g/mol. The molecule has 18 heavy (non-hydrogen) atoms. The van der Waals surface area contributed by atoms with Crippen molar-refractivity contribution in [1.82, 2.24) is 9.78 Å². The summed E-state index contributed by atoms with van der Waals surface area (Å²) in [6.45, 7) is 4.02. The zero-order valence-corrected chi connectivity index (χ0v) is 11.1. The van der Waals surface area contributed by atoms with Crippen LogP contribution in [0.5, 0.6) is 0 Å². The summed E-state index contributed by atoms with van der Waals surface area (Å²) in [7, 11) is 1.81. The molecular formula is C15H18N2O. The zero-order chi connectivity index (χ0) is 13.1. The van der Waals surface area contributed by atoms with Crippen molar-refractivity contribution < 1.29 is 4.79 Å². The third-order valence-electron chi connectivity index (χ3n) is 3.08. The second-order valence-electron chi connectivity index (χ2n) is 4.56. The molecule has 94 valence electrons. The van der Waals surface area contributed by atoms with Gasteiger partial charge in [0, 0.05) is 13.5 Å². The fourth-order valence-corrected chi connectivity index (χ4v) is 2.04. The van der Waals surface area contributed by atoms with E-state index >= 15 is 0 Å². The summed E-state index contributed by atoms with van der Waals surface area (Å²) in [5, 5.41) is 4.20. The Morgan fingerprint density at radius 3 is 2.33 bits per heavy atom. The maximum absolute atomic E-state index is 12.1. The molecule has 0 aliphatic heterocycles. The van der Waals surface area contributed by atoms with Gasteiger partial charge in [0.2, 0.25) is 0 Å². The lowest BCUT2D eigenvalue weighted by atomic mass is 10.0. The average molecular weight is 242 g/mol. The van der Waals surface area contributed by atoms with Gasteiger partial charge in [-0.05, 0) is 30.5 Å². The zero-order valence-electron chi connectivity index (χ0n) is 11.1. The SMILES string of the molecule is CCc1ccc(CC(=O)c2cc(C)nn2C)cc1. The fraction of sp³-hybridized carbons (Fsp3) is 0.333. The highest BCUT2D eigenvalue weighted by Crippen LogP contribution is 2.10. The maximum atomic E-state index is 12.1. The lowest BCUT2D eigenvalue weighted by Crippen LogP contribution is -2.09. The quantitative estimate of drug-likeness (QED) is 0.773. The van der Waals surface area contributed by atoms with E-state index in [2.05, 4.69) is 24.2 Å². The number of hydrogen-bond donors (Lipinski definition) is 0. The van der Waals surface area contributed by atoms with Crippen molar-refractivity contribution >= 4 is 5.78 Å². The van der Waals surface area contributed by atoms with Crippen molar-refractivity contribution in [3.05, 3.63) is 52.8 Å². The van der Waals surface area contributed by atoms with E-state index in [-0.39, 0.29) is 5.78 Å². The maximum Gasteiger partial charge on any atom is 0.185 e. The monoisotopic (exact) mass is 242 g/mol. The number of carbonyl (C=O) groups excluding carboxylic acids is 1. The van der Waals surface area contributed by atoms with E-state index in [4.69, 9.17) is 0 Å². The van der Waals surface area contributed by atoms with Gasteiger partial charge in [0.15, 0.2) is 5.78 Å². The molecule has 2 rings (SSSR count). The molecule has 1 heterocycles. The first-order valence-electron chi connectivity index (χ1n) is 6.22. The van der Waals surface area contributed by atoms with Gasteiger partial charge in [-0.2, -0.15) is 5.10 Å². The standard InChI is InChI=1S/C15H18N2O/c1-4-12-5-7-13(8-6-12)10-15(18)14-9-11(2)16-17(14)3/h5-9H,4,10H2,1-3H3. The molecule has 0 unspecified atom stereocenters. The van der Waals surface area contributed by atoms with Crippen molar-refractivity contribution in [3.63, 3.8) is 0 Å². The molecule has 0 saturated heterocycles. The van der Waals surface area contributed by atoms with Gasteiger partial charge in [-0.15, -0.1) is 0 Å². The van der Waals surface area contributed by atoms with Crippen molar-refractivity contribution in [2.45, 2.75) is 26.7 Å². The Morgan fingerprint density at radius 2 is 1.83 bits per heavy atom. The number of hydrogen-bond acceptors (Lipinski definition) is 2. The van der Waals surface area contributed by atoms with E-state index in [1.165, 1.54) is 5.56 Å². The molecule has 1 aromatic heterocycles. The van der Waals surface area contributed by atoms with Crippen LogP contribution in [-0.4, -0.2) is 15.6 Å². The van der Waals surface area contributed by atoms with Crippen LogP contribution in [-0.2, 0) is 19.9 Å². The third-order valence-corrected chi connectivity index (χ3v) is 3.08. The summed E-state index contributed by atoms with van der Waals surface area (Å²) < 4.78 is 1.65. The topological polar surface area (TPSA) is 34.9 Å². The molecule has 0 bridgehead atoms. The molecule has 0 N–H and O–H groups in total. The number of aryl methyl sites for hydroxylation is 3. The molecule has 0 saturated carbocycles. The third kappa shape index (κ3) is 2.67. The van der Waals surface area contributed by atoms with Crippen LogP contribution in [0.1, 0.15) is 34.2 Å². The van der Waals surface area contributed by atoms with Crippen LogP contribution >= 0.6 is 0 Å². The first kappa shape index (κ1) is 12.6. The van der Waals surface area contributed by atoms with Crippen LogP contribution in [0.15, 0.2) is 30.3 Å². The fourth-order valence-electron chi connectivity index (χ4n) is 2.04. The molecule has 0 fully saturated rings. The van der Waals surface area contributed by atoms with Crippen molar-refractivity contribution in [3.8, 4) is 0 Å². The van der Waals surface area contributed by atoms with Crippen molar-refractivity contribution in [1.29, 1.82) is 0 Å². The summed E-state index contributed by atoms with van der Waals surface area (Å²) in [6.07, 6.45) is 1.46. The Morgan fingerprint density at radius 1 is 1.22 bits per heavy atom. The highest BCUT2D eigenvalue weighted by molar-refractivity contribution is 5.96. The number of carbonyl (C=O) groups is 1. The Labute approximate surface area is 107 Å². The molecule has 2 aromatic rings. The second-order valence-corrected chi connectivity index (χ2v) is 4.56. The van der Waals surface area contributed by atoms with E-state index in [1.807, 2.05) is 25.1 Å². The average Bonchev–Trinajstić information content (AvgIpc) is 2.69. The Bertz CT molecular complexity index is 552. The lowest BCUT2D eigenvalue weighted by molar-refractivity contribution is 0.0984. The minimum Gasteiger partial charge on any atom is -0.292 e. The van der Waals surface area contributed by atoms with Gasteiger partial charge in [0.05, 0.1) is 5.69 Å². The normalized spacial score (nSPS) is 10.6. The van der Waals surface area contributed by atoms with Crippen LogP contribution < -0.4 is 0 Å². The van der Waals surface area contributed by atoms with Crippen molar-refractivity contribution in [2.24, 2.45) is 7.05 Å². The van der Waals surface area contributed by atoms with Gasteiger partial charge < -0.3 is 0 Å². The van der Waals surface area contributed by atoms with Gasteiger partial charge in [0.25, 0.3) is 0 Å². The van der Waals surface area contributed by atoms with Gasteiger partial charge in [-0.25, -0.2) is 0 Å².